The van der Waals surface area contributed by atoms with Crippen LogP contribution >= 0.6 is 0 Å². The van der Waals surface area contributed by atoms with Crippen LogP contribution in [0.2, 0.25) is 0 Å². The maximum absolute atomic E-state index is 5.66. The highest BCUT2D eigenvalue weighted by atomic mass is 14.8. The van der Waals surface area contributed by atoms with Gasteiger partial charge in [0, 0.05) is 12.7 Å². The van der Waals surface area contributed by atoms with Crippen LogP contribution in [-0.4, -0.2) is 14.9 Å². The Hall–Kier alpha value is -0.915. The lowest BCUT2D eigenvalue weighted by molar-refractivity contribution is 1.43. The molecule has 10 heavy (non-hydrogen) atoms. The van der Waals surface area contributed by atoms with Crippen LogP contribution in [0.4, 0.5) is 5.69 Å². The van der Waals surface area contributed by atoms with Crippen LogP contribution in [0.3, 0.4) is 0 Å². The van der Waals surface area contributed by atoms with Crippen molar-refractivity contribution in [1.29, 1.82) is 0 Å². The van der Waals surface area contributed by atoms with Gasteiger partial charge in [-0.05, 0) is 18.6 Å². The molecule has 0 aromatic heterocycles. The van der Waals surface area contributed by atoms with Gasteiger partial charge < -0.3 is 5.32 Å². The van der Waals surface area contributed by atoms with Crippen molar-refractivity contribution in [1.82, 2.24) is 0 Å². The van der Waals surface area contributed by atoms with Gasteiger partial charge in [0.05, 0.1) is 0 Å². The van der Waals surface area contributed by atoms with Crippen molar-refractivity contribution in [2.75, 3.05) is 12.4 Å². The minimum atomic E-state index is 0.840. The minimum absolute atomic E-state index is 0.840. The summed E-state index contributed by atoms with van der Waals surface area (Å²) >= 11 is 0. The Balaban J connectivity index is 3.14. The number of hydrogen-bond donors (Lipinski definition) is 1. The second kappa shape index (κ2) is 2.78. The maximum atomic E-state index is 5.66. The maximum Gasteiger partial charge on any atom is 0.114 e. The minimum Gasteiger partial charge on any atom is -0.388 e. The van der Waals surface area contributed by atoms with Gasteiger partial charge in [-0.15, -0.1) is 0 Å². The molecule has 1 rings (SSSR count). The van der Waals surface area contributed by atoms with Crippen LogP contribution in [0.15, 0.2) is 18.2 Å². The zero-order valence-corrected chi connectivity index (χ0v) is 6.31. The first kappa shape index (κ1) is 7.20. The van der Waals surface area contributed by atoms with Crippen LogP contribution in [0.5, 0.6) is 0 Å². The first-order valence-corrected chi connectivity index (χ1v) is 3.28. The fraction of sp³-hybridized carbons (Fsp3) is 0.250. The topological polar surface area (TPSA) is 12.0 Å². The molecule has 0 saturated heterocycles. The van der Waals surface area contributed by atoms with Crippen LogP contribution < -0.4 is 10.8 Å². The van der Waals surface area contributed by atoms with Crippen molar-refractivity contribution in [2.24, 2.45) is 0 Å². The molecule has 0 fully saturated rings. The molecule has 1 aromatic rings. The van der Waals surface area contributed by atoms with Crippen molar-refractivity contribution in [3.05, 3.63) is 23.8 Å². The van der Waals surface area contributed by atoms with Crippen molar-refractivity contribution >= 4 is 19.0 Å². The van der Waals surface area contributed by atoms with E-state index in [4.69, 9.17) is 7.85 Å². The van der Waals surface area contributed by atoms with Gasteiger partial charge in [0.15, 0.2) is 0 Å². The molecule has 0 bridgehead atoms. The van der Waals surface area contributed by atoms with E-state index in [1.165, 1.54) is 0 Å². The quantitative estimate of drug-likeness (QED) is 0.556. The summed E-state index contributed by atoms with van der Waals surface area (Å²) in [5, 5.41) is 3.06. The zero-order chi connectivity index (χ0) is 7.56. The fourth-order valence-corrected chi connectivity index (χ4v) is 0.924. The Kier molecular flexibility index (Phi) is 2.00. The van der Waals surface area contributed by atoms with Crippen LogP contribution in [-0.2, 0) is 0 Å². The molecule has 0 aliphatic rings. The second-order valence-electron chi connectivity index (χ2n) is 2.27. The number of nitrogens with one attached hydrogen (secondary N) is 1. The van der Waals surface area contributed by atoms with E-state index in [1.807, 2.05) is 32.2 Å². The van der Waals surface area contributed by atoms with Gasteiger partial charge in [-0.25, -0.2) is 0 Å². The third-order valence-corrected chi connectivity index (χ3v) is 1.65. The molecule has 0 unspecified atom stereocenters. The third kappa shape index (κ3) is 1.15. The molecule has 0 aliphatic carbocycles. The van der Waals surface area contributed by atoms with Crippen LogP contribution in [0.25, 0.3) is 0 Å². The van der Waals surface area contributed by atoms with Gasteiger partial charge in [0.2, 0.25) is 0 Å². The lowest BCUT2D eigenvalue weighted by Gasteiger charge is -2.06. The van der Waals surface area contributed by atoms with Crippen molar-refractivity contribution in [3.63, 3.8) is 0 Å². The van der Waals surface area contributed by atoms with Gasteiger partial charge in [0.1, 0.15) is 7.85 Å². The fourth-order valence-electron chi connectivity index (χ4n) is 0.924. The Labute approximate surface area is 62.9 Å². The van der Waals surface area contributed by atoms with E-state index in [0.29, 0.717) is 0 Å². The average Bonchev–Trinajstić information content (AvgIpc) is 1.95. The predicted octanol–water partition coefficient (Wildman–Crippen LogP) is 0.831. The Morgan fingerprint density at radius 1 is 1.40 bits per heavy atom. The largest absolute Gasteiger partial charge is 0.388 e. The summed E-state index contributed by atoms with van der Waals surface area (Å²) in [6, 6.07) is 5.84. The SMILES string of the molecule is [B]c1cccc(NC)c1C. The highest BCUT2D eigenvalue weighted by molar-refractivity contribution is 6.33. The van der Waals surface area contributed by atoms with Gasteiger partial charge in [-0.1, -0.05) is 17.6 Å². The highest BCUT2D eigenvalue weighted by Gasteiger charge is 1.94. The predicted molar refractivity (Wildman–Crippen MR) is 46.1 cm³/mol. The molecule has 0 heterocycles. The van der Waals surface area contributed by atoms with E-state index in [2.05, 4.69) is 5.32 Å². The summed E-state index contributed by atoms with van der Waals surface area (Å²) in [6.07, 6.45) is 0. The molecular formula is C8H10BN. The third-order valence-electron chi connectivity index (χ3n) is 1.65. The number of benzene rings is 1. The second-order valence-corrected chi connectivity index (χ2v) is 2.27. The van der Waals surface area contributed by atoms with Gasteiger partial charge in [-0.2, -0.15) is 0 Å². The summed E-state index contributed by atoms with van der Waals surface area (Å²) < 4.78 is 0. The molecule has 2 radical (unpaired) electrons. The molecule has 0 saturated carbocycles. The van der Waals surface area contributed by atoms with Gasteiger partial charge in [-0.3, -0.25) is 0 Å². The summed E-state index contributed by atoms with van der Waals surface area (Å²) in [5.74, 6) is 0. The molecule has 0 amide bonds. The lowest BCUT2D eigenvalue weighted by Crippen LogP contribution is -2.08. The van der Waals surface area contributed by atoms with E-state index in [-0.39, 0.29) is 0 Å². The zero-order valence-electron chi connectivity index (χ0n) is 6.31. The van der Waals surface area contributed by atoms with E-state index < -0.39 is 0 Å². The van der Waals surface area contributed by atoms with Crippen molar-refractivity contribution in [2.45, 2.75) is 6.92 Å². The normalized spacial score (nSPS) is 9.40. The molecule has 1 N–H and O–H groups in total. The van der Waals surface area contributed by atoms with E-state index in [0.717, 1.165) is 16.7 Å². The smallest absolute Gasteiger partial charge is 0.114 e. The Bertz CT molecular complexity index is 233. The summed E-state index contributed by atoms with van der Waals surface area (Å²) in [5.41, 5.74) is 3.05. The molecule has 50 valence electrons. The molecular weight excluding hydrogens is 121 g/mol. The number of hydrogen-bond acceptors (Lipinski definition) is 1. The van der Waals surface area contributed by atoms with Crippen molar-refractivity contribution < 1.29 is 0 Å². The molecule has 0 spiro atoms. The van der Waals surface area contributed by atoms with E-state index >= 15 is 0 Å². The molecule has 2 heteroatoms. The monoisotopic (exact) mass is 131 g/mol. The first-order valence-electron chi connectivity index (χ1n) is 3.28. The standard InChI is InChI=1S/C8H10BN/c1-6-7(9)4-3-5-8(6)10-2/h3-5,10H,1-2H3. The average molecular weight is 131 g/mol. The van der Waals surface area contributed by atoms with E-state index in [1.54, 1.807) is 0 Å². The summed E-state index contributed by atoms with van der Waals surface area (Å²) in [6.45, 7) is 2.00. The first-order chi connectivity index (χ1) is 4.75. The number of rotatable bonds is 1. The van der Waals surface area contributed by atoms with Gasteiger partial charge in [0.25, 0.3) is 0 Å². The van der Waals surface area contributed by atoms with Gasteiger partial charge >= 0.3 is 0 Å². The summed E-state index contributed by atoms with van der Waals surface area (Å²) in [4.78, 5) is 0. The van der Waals surface area contributed by atoms with Crippen molar-refractivity contribution in [3.8, 4) is 0 Å². The van der Waals surface area contributed by atoms with E-state index in [9.17, 15) is 0 Å². The number of anilines is 1. The molecule has 0 atom stereocenters. The Morgan fingerprint density at radius 2 is 2.10 bits per heavy atom. The summed E-state index contributed by atoms with van der Waals surface area (Å²) in [7, 11) is 7.55. The molecule has 1 nitrogen and oxygen atoms in total. The lowest BCUT2D eigenvalue weighted by atomic mass is 9.90. The van der Waals surface area contributed by atoms with Crippen LogP contribution in [0.1, 0.15) is 5.56 Å². The molecule has 1 aromatic carbocycles. The highest BCUT2D eigenvalue weighted by Crippen LogP contribution is 2.08. The Morgan fingerprint density at radius 3 is 2.60 bits per heavy atom. The molecule has 0 aliphatic heterocycles. The van der Waals surface area contributed by atoms with Crippen LogP contribution in [0, 0.1) is 6.92 Å².